The highest BCUT2D eigenvalue weighted by molar-refractivity contribution is 5.85. The Kier molecular flexibility index (Phi) is 2.09. The maximum atomic E-state index is 12.0. The van der Waals surface area contributed by atoms with Gasteiger partial charge >= 0.3 is 6.18 Å². The monoisotopic (exact) mass is 187 g/mol. The summed E-state index contributed by atoms with van der Waals surface area (Å²) in [5, 5.41) is 2.83. The van der Waals surface area contributed by atoms with E-state index in [-0.39, 0.29) is 24.4 Å². The predicted molar refractivity (Wildman–Crippen MR) is 36.7 cm³/mol. The standard InChI is InChI=1S/C6H8F3N.ClH/c7-6(8,9)5-3-1-4(5)10-2-3;/h3-5,10H,1-2H2;1H/t3-,4-,5+;/m1./s1. The van der Waals surface area contributed by atoms with E-state index >= 15 is 0 Å². The first-order valence-electron chi connectivity index (χ1n) is 3.39. The van der Waals surface area contributed by atoms with Crippen LogP contribution in [0.1, 0.15) is 6.42 Å². The highest BCUT2D eigenvalue weighted by Gasteiger charge is 2.59. The molecule has 5 heteroatoms. The van der Waals surface area contributed by atoms with Crippen molar-refractivity contribution in [1.29, 1.82) is 0 Å². The molecular weight excluding hydrogens is 179 g/mol. The van der Waals surface area contributed by atoms with Crippen LogP contribution >= 0.6 is 12.4 Å². The quantitative estimate of drug-likeness (QED) is 0.607. The van der Waals surface area contributed by atoms with Crippen LogP contribution in [0.25, 0.3) is 0 Å². The molecular formula is C6H9ClF3N. The number of nitrogens with one attached hydrogen (secondary N) is 1. The number of rotatable bonds is 0. The summed E-state index contributed by atoms with van der Waals surface area (Å²) in [5.41, 5.74) is 0. The summed E-state index contributed by atoms with van der Waals surface area (Å²) in [4.78, 5) is 0. The number of hydrogen-bond donors (Lipinski definition) is 1. The number of alkyl halides is 3. The molecule has 0 unspecified atom stereocenters. The fourth-order valence-electron chi connectivity index (χ4n) is 1.97. The smallest absolute Gasteiger partial charge is 0.313 e. The lowest BCUT2D eigenvalue weighted by molar-refractivity contribution is -0.207. The van der Waals surface area contributed by atoms with E-state index in [2.05, 4.69) is 5.32 Å². The van der Waals surface area contributed by atoms with Crippen LogP contribution in [0.15, 0.2) is 0 Å². The first-order chi connectivity index (χ1) is 4.59. The largest absolute Gasteiger partial charge is 0.393 e. The highest BCUT2D eigenvalue weighted by atomic mass is 35.5. The van der Waals surface area contributed by atoms with Gasteiger partial charge in [0.1, 0.15) is 0 Å². The molecule has 1 N–H and O–H groups in total. The van der Waals surface area contributed by atoms with E-state index in [1.807, 2.05) is 0 Å². The van der Waals surface area contributed by atoms with E-state index < -0.39 is 12.1 Å². The van der Waals surface area contributed by atoms with Crippen molar-refractivity contribution in [2.24, 2.45) is 11.8 Å². The van der Waals surface area contributed by atoms with Crippen molar-refractivity contribution in [1.82, 2.24) is 5.32 Å². The van der Waals surface area contributed by atoms with Gasteiger partial charge in [0.05, 0.1) is 5.92 Å². The van der Waals surface area contributed by atoms with E-state index in [4.69, 9.17) is 0 Å². The molecule has 2 saturated heterocycles. The fourth-order valence-corrected chi connectivity index (χ4v) is 1.97. The van der Waals surface area contributed by atoms with Gasteiger partial charge in [-0.1, -0.05) is 0 Å². The minimum Gasteiger partial charge on any atom is -0.313 e. The molecule has 0 aromatic heterocycles. The summed E-state index contributed by atoms with van der Waals surface area (Å²) < 4.78 is 36.0. The average Bonchev–Trinajstić information content (AvgIpc) is 2.08. The molecule has 3 atom stereocenters. The molecule has 11 heavy (non-hydrogen) atoms. The van der Waals surface area contributed by atoms with E-state index in [1.165, 1.54) is 0 Å². The van der Waals surface area contributed by atoms with Gasteiger partial charge in [-0.25, -0.2) is 0 Å². The average molecular weight is 188 g/mol. The maximum absolute atomic E-state index is 12.0. The topological polar surface area (TPSA) is 12.0 Å². The summed E-state index contributed by atoms with van der Waals surface area (Å²) in [6.07, 6.45) is -3.23. The van der Waals surface area contributed by atoms with E-state index in [0.29, 0.717) is 6.54 Å². The van der Waals surface area contributed by atoms with Crippen LogP contribution in [0.3, 0.4) is 0 Å². The van der Waals surface area contributed by atoms with Gasteiger partial charge in [-0.3, -0.25) is 0 Å². The van der Waals surface area contributed by atoms with Crippen molar-refractivity contribution in [3.63, 3.8) is 0 Å². The Labute approximate surface area is 68.8 Å². The van der Waals surface area contributed by atoms with Crippen LogP contribution in [0, 0.1) is 11.8 Å². The molecule has 1 aliphatic carbocycles. The zero-order valence-corrected chi connectivity index (χ0v) is 6.50. The molecule has 0 radical (unpaired) electrons. The summed E-state index contributed by atoms with van der Waals surface area (Å²) >= 11 is 0. The van der Waals surface area contributed by atoms with Crippen molar-refractivity contribution in [2.75, 3.05) is 6.54 Å². The third kappa shape index (κ3) is 1.22. The Morgan fingerprint density at radius 1 is 1.27 bits per heavy atom. The van der Waals surface area contributed by atoms with Gasteiger partial charge in [0.2, 0.25) is 0 Å². The Balaban J connectivity index is 0.000000605. The Morgan fingerprint density at radius 2 is 1.91 bits per heavy atom. The summed E-state index contributed by atoms with van der Waals surface area (Å²) in [6.45, 7) is 0.564. The van der Waals surface area contributed by atoms with Gasteiger partial charge in [-0.2, -0.15) is 13.2 Å². The summed E-state index contributed by atoms with van der Waals surface area (Å²) in [7, 11) is 0. The Hall–Kier alpha value is 0.0400. The molecule has 1 saturated carbocycles. The molecule has 1 nitrogen and oxygen atoms in total. The molecule has 0 spiro atoms. The van der Waals surface area contributed by atoms with E-state index in [0.717, 1.165) is 6.42 Å². The summed E-state index contributed by atoms with van der Waals surface area (Å²) in [6, 6.07) is -0.259. The molecule has 2 bridgehead atoms. The second kappa shape index (κ2) is 2.52. The molecule has 66 valence electrons. The van der Waals surface area contributed by atoms with Crippen molar-refractivity contribution < 1.29 is 13.2 Å². The zero-order valence-electron chi connectivity index (χ0n) is 5.69. The fraction of sp³-hybridized carbons (Fsp3) is 1.00. The normalized spacial score (nSPS) is 41.2. The van der Waals surface area contributed by atoms with Crippen LogP contribution in [0.2, 0.25) is 0 Å². The predicted octanol–water partition coefficient (Wildman–Crippen LogP) is 1.58. The van der Waals surface area contributed by atoms with Crippen LogP contribution < -0.4 is 5.32 Å². The van der Waals surface area contributed by atoms with Crippen LogP contribution in [0.4, 0.5) is 13.2 Å². The third-order valence-electron chi connectivity index (χ3n) is 2.52. The molecule has 0 aromatic rings. The molecule has 2 heterocycles. The van der Waals surface area contributed by atoms with Crippen molar-refractivity contribution >= 4 is 12.4 Å². The lowest BCUT2D eigenvalue weighted by Gasteiger charge is -2.35. The van der Waals surface area contributed by atoms with E-state index in [1.54, 1.807) is 0 Å². The van der Waals surface area contributed by atoms with Gasteiger partial charge in [0.15, 0.2) is 0 Å². The van der Waals surface area contributed by atoms with Crippen molar-refractivity contribution in [3.05, 3.63) is 0 Å². The molecule has 3 rings (SSSR count). The van der Waals surface area contributed by atoms with Gasteiger partial charge in [0.25, 0.3) is 0 Å². The van der Waals surface area contributed by atoms with Crippen molar-refractivity contribution in [2.45, 2.75) is 18.6 Å². The minimum absolute atomic E-state index is 0. The first kappa shape index (κ1) is 9.13. The number of hydrogen-bond acceptors (Lipinski definition) is 1. The van der Waals surface area contributed by atoms with Crippen molar-refractivity contribution in [3.8, 4) is 0 Å². The maximum Gasteiger partial charge on any atom is 0.393 e. The second-order valence-electron chi connectivity index (χ2n) is 3.08. The minimum atomic E-state index is -3.96. The van der Waals surface area contributed by atoms with Gasteiger partial charge in [-0.15, -0.1) is 12.4 Å². The second-order valence-corrected chi connectivity index (χ2v) is 3.08. The lowest BCUT2D eigenvalue weighted by atomic mass is 9.73. The SMILES string of the molecule is Cl.FC(F)(F)[C@H]1[C@H]2CN[C@@H]1C2. The van der Waals surface area contributed by atoms with Gasteiger partial charge in [0, 0.05) is 6.04 Å². The van der Waals surface area contributed by atoms with Crippen LogP contribution in [-0.2, 0) is 0 Å². The zero-order chi connectivity index (χ0) is 7.35. The first-order valence-corrected chi connectivity index (χ1v) is 3.39. The van der Waals surface area contributed by atoms with Crippen LogP contribution in [-0.4, -0.2) is 18.8 Å². The van der Waals surface area contributed by atoms with Gasteiger partial charge < -0.3 is 5.32 Å². The number of fused-ring (bicyclic) bond motifs is 1. The molecule has 3 fully saturated rings. The Bertz CT molecular complexity index is 144. The molecule has 0 aromatic carbocycles. The molecule has 0 amide bonds. The lowest BCUT2D eigenvalue weighted by Crippen LogP contribution is -2.46. The number of halogens is 4. The summed E-state index contributed by atoms with van der Waals surface area (Å²) in [5.74, 6) is -1.16. The molecule has 3 aliphatic rings. The molecule has 2 aliphatic heterocycles. The van der Waals surface area contributed by atoms with Crippen LogP contribution in [0.5, 0.6) is 0 Å². The Morgan fingerprint density at radius 3 is 2.09 bits per heavy atom. The van der Waals surface area contributed by atoms with E-state index in [9.17, 15) is 13.2 Å². The third-order valence-corrected chi connectivity index (χ3v) is 2.52. The highest BCUT2D eigenvalue weighted by Crippen LogP contribution is 2.49. The van der Waals surface area contributed by atoms with Gasteiger partial charge in [-0.05, 0) is 18.9 Å².